The Morgan fingerprint density at radius 1 is 0.935 bits per heavy atom. The molecule has 0 spiro atoms. The van der Waals surface area contributed by atoms with E-state index in [4.69, 9.17) is 0 Å². The second kappa shape index (κ2) is 8.18. The lowest BCUT2D eigenvalue weighted by atomic mass is 10.1. The number of benzene rings is 2. The minimum Gasteiger partial charge on any atom is -0.326 e. The number of nitrogens with one attached hydrogen (secondary N) is 1. The van der Waals surface area contributed by atoms with Gasteiger partial charge in [0.25, 0.3) is 0 Å². The van der Waals surface area contributed by atoms with Crippen LogP contribution >= 0.6 is 0 Å². The number of nitrogens with zero attached hydrogens (tertiary/aromatic N) is 4. The number of fused-ring (bicyclic) bond motifs is 1. The first-order chi connectivity index (χ1) is 14.8. The highest BCUT2D eigenvalue weighted by Crippen LogP contribution is 2.15. The maximum absolute atomic E-state index is 13.0. The van der Waals surface area contributed by atoms with E-state index < -0.39 is 0 Å². The first-order valence-electron chi connectivity index (χ1n) is 10.2. The van der Waals surface area contributed by atoms with E-state index in [9.17, 15) is 9.59 Å². The summed E-state index contributed by atoms with van der Waals surface area (Å²) < 4.78 is 3.23. The van der Waals surface area contributed by atoms with Gasteiger partial charge in [-0.05, 0) is 74.2 Å². The number of aryl methyl sites for hydroxylation is 5. The molecule has 31 heavy (non-hydrogen) atoms. The van der Waals surface area contributed by atoms with E-state index >= 15 is 0 Å². The number of rotatable bonds is 5. The van der Waals surface area contributed by atoms with Gasteiger partial charge in [-0.25, -0.2) is 0 Å². The SMILES string of the molecule is Cc1cc(C)cc(-n2ccn3c(CCC(=O)Nc4ccc(C)c(C)c4)nnc3c2=O)c1. The summed E-state index contributed by atoms with van der Waals surface area (Å²) in [5, 5.41) is 11.1. The normalized spacial score (nSPS) is 11.1. The van der Waals surface area contributed by atoms with Crippen molar-refractivity contribution in [3.05, 3.63) is 87.2 Å². The predicted octanol–water partition coefficient (Wildman–Crippen LogP) is 3.69. The van der Waals surface area contributed by atoms with E-state index in [1.54, 1.807) is 21.4 Å². The fraction of sp³-hybridized carbons (Fsp3) is 0.250. The Labute approximate surface area is 180 Å². The molecule has 0 fully saturated rings. The molecule has 7 nitrogen and oxygen atoms in total. The van der Waals surface area contributed by atoms with Gasteiger partial charge in [-0.3, -0.25) is 18.6 Å². The highest BCUT2D eigenvalue weighted by Gasteiger charge is 2.13. The fourth-order valence-corrected chi connectivity index (χ4v) is 3.67. The van der Waals surface area contributed by atoms with E-state index in [-0.39, 0.29) is 23.5 Å². The van der Waals surface area contributed by atoms with E-state index in [0.717, 1.165) is 28.1 Å². The lowest BCUT2D eigenvalue weighted by Crippen LogP contribution is -2.20. The van der Waals surface area contributed by atoms with Crippen molar-refractivity contribution in [2.24, 2.45) is 0 Å². The summed E-state index contributed by atoms with van der Waals surface area (Å²) >= 11 is 0. The molecule has 0 saturated heterocycles. The van der Waals surface area contributed by atoms with Crippen molar-refractivity contribution in [3.8, 4) is 5.69 Å². The fourth-order valence-electron chi connectivity index (χ4n) is 3.67. The highest BCUT2D eigenvalue weighted by molar-refractivity contribution is 5.90. The third-order valence-electron chi connectivity index (χ3n) is 5.39. The van der Waals surface area contributed by atoms with Gasteiger partial charge in [0, 0.05) is 36.6 Å². The van der Waals surface area contributed by atoms with Gasteiger partial charge >= 0.3 is 5.56 Å². The molecule has 1 amide bonds. The Hall–Kier alpha value is -3.74. The maximum Gasteiger partial charge on any atom is 0.300 e. The van der Waals surface area contributed by atoms with Crippen LogP contribution in [0.5, 0.6) is 0 Å². The molecule has 0 aliphatic heterocycles. The van der Waals surface area contributed by atoms with E-state index in [2.05, 4.69) is 21.6 Å². The minimum absolute atomic E-state index is 0.108. The molecular formula is C24H25N5O2. The molecule has 1 N–H and O–H groups in total. The standard InChI is InChI=1S/C24H25N5O2/c1-15-11-16(2)13-20(12-15)28-9-10-29-21(26-27-23(29)24(28)31)7-8-22(30)25-19-6-5-17(3)18(4)14-19/h5-6,9-14H,7-8H2,1-4H3,(H,25,30). The number of anilines is 1. The molecule has 2 aromatic heterocycles. The molecule has 0 unspecified atom stereocenters. The van der Waals surface area contributed by atoms with Crippen LogP contribution in [0.4, 0.5) is 5.69 Å². The molecule has 7 heteroatoms. The van der Waals surface area contributed by atoms with E-state index in [1.807, 2.05) is 58.0 Å². The lowest BCUT2D eigenvalue weighted by molar-refractivity contribution is -0.116. The highest BCUT2D eigenvalue weighted by atomic mass is 16.1. The first kappa shape index (κ1) is 20.5. The third-order valence-corrected chi connectivity index (χ3v) is 5.39. The van der Waals surface area contributed by atoms with Crippen molar-refractivity contribution in [1.82, 2.24) is 19.2 Å². The maximum atomic E-state index is 13.0. The molecule has 0 atom stereocenters. The van der Waals surface area contributed by atoms with Crippen LogP contribution in [0.1, 0.15) is 34.5 Å². The number of carbonyl (C=O) groups is 1. The van der Waals surface area contributed by atoms with E-state index in [1.165, 1.54) is 5.56 Å². The van der Waals surface area contributed by atoms with Crippen LogP contribution in [0.3, 0.4) is 0 Å². The summed E-state index contributed by atoms with van der Waals surface area (Å²) in [5.41, 5.74) is 6.04. The number of hydrogen-bond donors (Lipinski definition) is 1. The average molecular weight is 415 g/mol. The van der Waals surface area contributed by atoms with Crippen molar-refractivity contribution >= 4 is 17.2 Å². The van der Waals surface area contributed by atoms with Crippen LogP contribution in [-0.4, -0.2) is 25.1 Å². The van der Waals surface area contributed by atoms with Crippen molar-refractivity contribution in [1.29, 1.82) is 0 Å². The Balaban J connectivity index is 1.53. The summed E-state index contributed by atoms with van der Waals surface area (Å²) in [4.78, 5) is 25.3. The Bertz CT molecular complexity index is 1330. The van der Waals surface area contributed by atoms with Crippen molar-refractivity contribution in [3.63, 3.8) is 0 Å². The smallest absolute Gasteiger partial charge is 0.300 e. The van der Waals surface area contributed by atoms with Crippen LogP contribution in [0, 0.1) is 27.7 Å². The van der Waals surface area contributed by atoms with Crippen LogP contribution < -0.4 is 10.9 Å². The summed E-state index contributed by atoms with van der Waals surface area (Å²) in [5.74, 6) is 0.471. The topological polar surface area (TPSA) is 81.3 Å². The average Bonchev–Trinajstić information content (AvgIpc) is 3.13. The number of amides is 1. The Kier molecular flexibility index (Phi) is 5.42. The molecule has 4 aromatic rings. The van der Waals surface area contributed by atoms with Crippen LogP contribution in [0.2, 0.25) is 0 Å². The van der Waals surface area contributed by atoms with Gasteiger partial charge in [0.05, 0.1) is 0 Å². The molecule has 2 aromatic carbocycles. The zero-order valence-electron chi connectivity index (χ0n) is 18.1. The van der Waals surface area contributed by atoms with Crippen molar-refractivity contribution in [2.45, 2.75) is 40.5 Å². The number of carbonyl (C=O) groups excluding carboxylic acids is 1. The molecule has 4 rings (SSSR count). The van der Waals surface area contributed by atoms with E-state index in [0.29, 0.717) is 12.2 Å². The second-order valence-corrected chi connectivity index (χ2v) is 7.98. The first-order valence-corrected chi connectivity index (χ1v) is 10.2. The van der Waals surface area contributed by atoms with Crippen molar-refractivity contribution in [2.75, 3.05) is 5.32 Å². The van der Waals surface area contributed by atoms with Gasteiger partial charge in [0.1, 0.15) is 5.82 Å². The summed E-state index contributed by atoms with van der Waals surface area (Å²) in [6.45, 7) is 8.04. The van der Waals surface area contributed by atoms with Gasteiger partial charge in [-0.1, -0.05) is 12.1 Å². The Morgan fingerprint density at radius 3 is 2.39 bits per heavy atom. The van der Waals surface area contributed by atoms with Gasteiger partial charge in [-0.2, -0.15) is 0 Å². The Morgan fingerprint density at radius 2 is 1.68 bits per heavy atom. The predicted molar refractivity (Wildman–Crippen MR) is 121 cm³/mol. The third kappa shape index (κ3) is 4.26. The largest absolute Gasteiger partial charge is 0.326 e. The van der Waals surface area contributed by atoms with Gasteiger partial charge in [0.15, 0.2) is 0 Å². The molecule has 0 saturated carbocycles. The number of hydrogen-bond acceptors (Lipinski definition) is 4. The molecular weight excluding hydrogens is 390 g/mol. The van der Waals surface area contributed by atoms with Crippen LogP contribution in [0.15, 0.2) is 53.6 Å². The zero-order chi connectivity index (χ0) is 22.1. The quantitative estimate of drug-likeness (QED) is 0.539. The van der Waals surface area contributed by atoms with Gasteiger partial charge < -0.3 is 5.32 Å². The zero-order valence-corrected chi connectivity index (χ0v) is 18.1. The number of aromatic nitrogens is 4. The molecule has 0 radical (unpaired) electrons. The molecule has 0 aliphatic rings. The molecule has 0 bridgehead atoms. The van der Waals surface area contributed by atoms with Gasteiger partial charge in [-0.15, -0.1) is 10.2 Å². The molecule has 0 aliphatic carbocycles. The molecule has 2 heterocycles. The monoisotopic (exact) mass is 415 g/mol. The summed E-state index contributed by atoms with van der Waals surface area (Å²) in [6.07, 6.45) is 4.11. The molecule has 158 valence electrons. The summed E-state index contributed by atoms with van der Waals surface area (Å²) in [7, 11) is 0. The van der Waals surface area contributed by atoms with Crippen LogP contribution in [0.25, 0.3) is 11.3 Å². The van der Waals surface area contributed by atoms with Gasteiger partial charge in [0.2, 0.25) is 11.6 Å². The van der Waals surface area contributed by atoms with Crippen molar-refractivity contribution < 1.29 is 4.79 Å². The summed E-state index contributed by atoms with van der Waals surface area (Å²) in [6, 6.07) is 11.8. The lowest BCUT2D eigenvalue weighted by Gasteiger charge is -2.09. The van der Waals surface area contributed by atoms with Crippen LogP contribution in [-0.2, 0) is 11.2 Å². The second-order valence-electron chi connectivity index (χ2n) is 7.98. The minimum atomic E-state index is -0.245.